The van der Waals surface area contributed by atoms with E-state index in [9.17, 15) is 4.79 Å². The third-order valence-corrected chi connectivity index (χ3v) is 4.90. The molecule has 1 aromatic carbocycles. The molecule has 2 N–H and O–H groups in total. The van der Waals surface area contributed by atoms with Crippen molar-refractivity contribution < 1.29 is 4.79 Å². The molecule has 1 aliphatic carbocycles. The number of rotatable bonds is 4. The molecule has 1 aliphatic rings. The summed E-state index contributed by atoms with van der Waals surface area (Å²) in [5.74, 6) is 2.23. The number of H-pyrrole nitrogens is 1. The second-order valence-electron chi connectivity index (χ2n) is 6.62. The van der Waals surface area contributed by atoms with Crippen LogP contribution in [0.2, 0.25) is 0 Å². The summed E-state index contributed by atoms with van der Waals surface area (Å²) in [5.41, 5.74) is 2.71. The number of aryl methyl sites for hydroxylation is 1. The van der Waals surface area contributed by atoms with Crippen LogP contribution in [0.15, 0.2) is 24.3 Å². The zero-order valence-electron chi connectivity index (χ0n) is 14.0. The van der Waals surface area contributed by atoms with Crippen molar-refractivity contribution in [3.63, 3.8) is 0 Å². The van der Waals surface area contributed by atoms with E-state index < -0.39 is 0 Å². The fourth-order valence-corrected chi connectivity index (χ4v) is 3.17. The van der Waals surface area contributed by atoms with E-state index in [1.54, 1.807) is 0 Å². The molecule has 124 valence electrons. The molecule has 0 radical (unpaired) electrons. The predicted molar refractivity (Wildman–Crippen MR) is 91.8 cm³/mol. The summed E-state index contributed by atoms with van der Waals surface area (Å²) in [5, 5.41) is 12.5. The number of fused-ring (bicyclic) bond motifs is 1. The van der Waals surface area contributed by atoms with Gasteiger partial charge in [-0.05, 0) is 37.5 Å². The quantitative estimate of drug-likeness (QED) is 0.775. The van der Waals surface area contributed by atoms with Gasteiger partial charge in [0.05, 0.1) is 6.54 Å². The van der Waals surface area contributed by atoms with Crippen LogP contribution in [0.1, 0.15) is 52.9 Å². The lowest BCUT2D eigenvalue weighted by Crippen LogP contribution is -2.25. The van der Waals surface area contributed by atoms with Crippen molar-refractivity contribution in [2.45, 2.75) is 38.6 Å². The molecule has 0 bridgehead atoms. The average Bonchev–Trinajstić information content (AvgIpc) is 3.08. The number of hydrogen-bond donors (Lipinski definition) is 2. The topological polar surface area (TPSA) is 75.6 Å². The molecule has 2 aromatic heterocycles. The van der Waals surface area contributed by atoms with Crippen molar-refractivity contribution in [3.8, 4) is 0 Å². The zero-order valence-corrected chi connectivity index (χ0v) is 14.0. The number of carbonyl (C=O) groups is 1. The van der Waals surface area contributed by atoms with Gasteiger partial charge in [0.1, 0.15) is 11.5 Å². The van der Waals surface area contributed by atoms with E-state index in [2.05, 4.69) is 20.5 Å². The molecular weight excluding hydrogens is 302 g/mol. The molecule has 3 aromatic rings. The first kappa shape index (κ1) is 14.9. The minimum absolute atomic E-state index is 0.128. The number of aromatic nitrogens is 4. The molecule has 1 fully saturated rings. The van der Waals surface area contributed by atoms with Crippen LogP contribution >= 0.6 is 0 Å². The molecule has 0 spiro atoms. The third-order valence-electron chi connectivity index (χ3n) is 4.90. The van der Waals surface area contributed by atoms with Crippen molar-refractivity contribution in [1.82, 2.24) is 25.1 Å². The van der Waals surface area contributed by atoms with Gasteiger partial charge in [-0.15, -0.1) is 10.2 Å². The van der Waals surface area contributed by atoms with E-state index in [-0.39, 0.29) is 5.91 Å². The van der Waals surface area contributed by atoms with Crippen LogP contribution in [-0.4, -0.2) is 25.7 Å². The molecular formula is C18H21N5O. The van der Waals surface area contributed by atoms with E-state index in [1.807, 2.05) is 42.8 Å². The minimum atomic E-state index is -0.128. The Morgan fingerprint density at radius 3 is 2.92 bits per heavy atom. The zero-order chi connectivity index (χ0) is 16.7. The Balaban J connectivity index is 1.46. The second kappa shape index (κ2) is 5.78. The highest BCUT2D eigenvalue weighted by Crippen LogP contribution is 2.35. The van der Waals surface area contributed by atoms with Crippen LogP contribution in [0.3, 0.4) is 0 Å². The molecule has 0 unspecified atom stereocenters. The Morgan fingerprint density at radius 2 is 2.17 bits per heavy atom. The Labute approximate surface area is 140 Å². The van der Waals surface area contributed by atoms with Crippen LogP contribution < -0.4 is 5.32 Å². The second-order valence-corrected chi connectivity index (χ2v) is 6.62. The summed E-state index contributed by atoms with van der Waals surface area (Å²) in [6.07, 6.45) is 3.64. The van der Waals surface area contributed by atoms with Gasteiger partial charge in [-0.25, -0.2) is 0 Å². The molecule has 1 saturated carbocycles. The molecule has 1 amide bonds. The Kier molecular flexibility index (Phi) is 3.59. The van der Waals surface area contributed by atoms with Gasteiger partial charge >= 0.3 is 0 Å². The summed E-state index contributed by atoms with van der Waals surface area (Å²) in [6.45, 7) is 2.41. The molecule has 0 saturated heterocycles. The smallest absolute Gasteiger partial charge is 0.268 e. The maximum Gasteiger partial charge on any atom is 0.268 e. The van der Waals surface area contributed by atoms with Gasteiger partial charge in [0, 0.05) is 23.9 Å². The van der Waals surface area contributed by atoms with Crippen LogP contribution in [0.5, 0.6) is 0 Å². The number of amides is 1. The SMILES string of the molecule is Cc1ccc2cc(C(=O)NCc3nnc(C4CCC4)n3C)[nH]c2c1. The van der Waals surface area contributed by atoms with Crippen molar-refractivity contribution in [3.05, 3.63) is 47.2 Å². The lowest BCUT2D eigenvalue weighted by Gasteiger charge is -2.24. The van der Waals surface area contributed by atoms with Gasteiger partial charge in [-0.2, -0.15) is 0 Å². The van der Waals surface area contributed by atoms with Crippen LogP contribution in [0.25, 0.3) is 10.9 Å². The van der Waals surface area contributed by atoms with Gasteiger partial charge in [-0.3, -0.25) is 4.79 Å². The summed E-state index contributed by atoms with van der Waals surface area (Å²) in [7, 11) is 1.97. The fourth-order valence-electron chi connectivity index (χ4n) is 3.17. The molecule has 6 nitrogen and oxygen atoms in total. The molecule has 4 rings (SSSR count). The van der Waals surface area contributed by atoms with Crippen LogP contribution in [-0.2, 0) is 13.6 Å². The number of carbonyl (C=O) groups excluding carboxylic acids is 1. The number of aromatic amines is 1. The van der Waals surface area contributed by atoms with Gasteiger partial charge in [0.25, 0.3) is 5.91 Å². The van der Waals surface area contributed by atoms with E-state index in [0.29, 0.717) is 18.2 Å². The first-order valence-corrected chi connectivity index (χ1v) is 8.37. The monoisotopic (exact) mass is 323 g/mol. The summed E-state index contributed by atoms with van der Waals surface area (Å²) in [6, 6.07) is 7.98. The summed E-state index contributed by atoms with van der Waals surface area (Å²) < 4.78 is 2.01. The van der Waals surface area contributed by atoms with Gasteiger partial charge in [0.2, 0.25) is 0 Å². The normalized spacial score (nSPS) is 14.8. The van der Waals surface area contributed by atoms with Crippen molar-refractivity contribution >= 4 is 16.8 Å². The Morgan fingerprint density at radius 1 is 1.33 bits per heavy atom. The summed E-state index contributed by atoms with van der Waals surface area (Å²) >= 11 is 0. The van der Waals surface area contributed by atoms with Crippen molar-refractivity contribution in [2.24, 2.45) is 7.05 Å². The molecule has 0 atom stereocenters. The average molecular weight is 323 g/mol. The number of nitrogens with zero attached hydrogens (tertiary/aromatic N) is 3. The van der Waals surface area contributed by atoms with Crippen molar-refractivity contribution in [1.29, 1.82) is 0 Å². The van der Waals surface area contributed by atoms with Crippen molar-refractivity contribution in [2.75, 3.05) is 0 Å². The number of nitrogens with one attached hydrogen (secondary N) is 2. The van der Waals surface area contributed by atoms with Crippen LogP contribution in [0, 0.1) is 6.92 Å². The molecule has 2 heterocycles. The third kappa shape index (κ3) is 2.58. The highest BCUT2D eigenvalue weighted by atomic mass is 16.1. The predicted octanol–water partition coefficient (Wildman–Crippen LogP) is 2.80. The minimum Gasteiger partial charge on any atom is -0.351 e. The van der Waals surface area contributed by atoms with Gasteiger partial charge < -0.3 is 14.9 Å². The van der Waals surface area contributed by atoms with Gasteiger partial charge in [0.15, 0.2) is 5.82 Å². The largest absolute Gasteiger partial charge is 0.351 e. The Bertz CT molecular complexity index is 903. The maximum absolute atomic E-state index is 12.4. The van der Waals surface area contributed by atoms with Gasteiger partial charge in [-0.1, -0.05) is 18.6 Å². The lowest BCUT2D eigenvalue weighted by molar-refractivity contribution is 0.0945. The Hall–Kier alpha value is -2.63. The summed E-state index contributed by atoms with van der Waals surface area (Å²) in [4.78, 5) is 15.6. The number of benzene rings is 1. The molecule has 0 aliphatic heterocycles. The highest BCUT2D eigenvalue weighted by Gasteiger charge is 2.25. The first-order chi connectivity index (χ1) is 11.6. The maximum atomic E-state index is 12.4. The fraction of sp³-hybridized carbons (Fsp3) is 0.389. The van der Waals surface area contributed by atoms with E-state index in [0.717, 1.165) is 22.6 Å². The molecule has 6 heteroatoms. The van der Waals surface area contributed by atoms with Crippen LogP contribution in [0.4, 0.5) is 0 Å². The lowest BCUT2D eigenvalue weighted by atomic mass is 9.85. The highest BCUT2D eigenvalue weighted by molar-refractivity contribution is 5.98. The standard InChI is InChI=1S/C18H21N5O/c1-11-6-7-13-9-15(20-14(13)8-11)18(24)19-10-16-21-22-17(23(16)2)12-4-3-5-12/h6-9,12,20H,3-5,10H2,1-2H3,(H,19,24). The van der Waals surface area contributed by atoms with E-state index in [1.165, 1.54) is 24.8 Å². The molecule has 24 heavy (non-hydrogen) atoms. The van der Waals surface area contributed by atoms with E-state index in [4.69, 9.17) is 0 Å². The number of hydrogen-bond acceptors (Lipinski definition) is 3. The first-order valence-electron chi connectivity index (χ1n) is 8.37. The van der Waals surface area contributed by atoms with E-state index >= 15 is 0 Å².